The molecule has 0 saturated heterocycles. The van der Waals surface area contributed by atoms with Crippen molar-refractivity contribution in [3.8, 4) is 11.4 Å². The summed E-state index contributed by atoms with van der Waals surface area (Å²) in [5, 5.41) is 10.9. The van der Waals surface area contributed by atoms with E-state index in [1.54, 1.807) is 46.0 Å². The van der Waals surface area contributed by atoms with Gasteiger partial charge in [0.2, 0.25) is 0 Å². The maximum absolute atomic E-state index is 6.30. The lowest BCUT2D eigenvalue weighted by Gasteiger charge is -2.04. The fourth-order valence-electron chi connectivity index (χ4n) is 2.90. The zero-order valence-corrected chi connectivity index (χ0v) is 15.8. The average molecular weight is 411 g/mol. The van der Waals surface area contributed by atoms with Crippen LogP contribution in [0.3, 0.4) is 0 Å². The molecule has 0 fully saturated rings. The van der Waals surface area contributed by atoms with Gasteiger partial charge in [-0.3, -0.25) is 0 Å². The van der Waals surface area contributed by atoms with E-state index in [0.717, 1.165) is 11.1 Å². The van der Waals surface area contributed by atoms with Crippen molar-refractivity contribution in [3.63, 3.8) is 0 Å². The van der Waals surface area contributed by atoms with Gasteiger partial charge in [0.1, 0.15) is 18.7 Å². The number of halogens is 2. The Hall–Kier alpha value is -3.16. The minimum Gasteiger partial charge on any atom is -0.486 e. The summed E-state index contributed by atoms with van der Waals surface area (Å²) in [5.74, 6) is 1.23. The topological polar surface area (TPSA) is 70.1 Å². The van der Waals surface area contributed by atoms with Crippen LogP contribution < -0.4 is 4.74 Å². The van der Waals surface area contributed by atoms with Crippen LogP contribution in [-0.2, 0) is 6.61 Å². The van der Waals surface area contributed by atoms with Gasteiger partial charge in [0.15, 0.2) is 17.1 Å². The lowest BCUT2D eigenvalue weighted by atomic mass is 10.3. The molecule has 0 bridgehead atoms. The Morgan fingerprint density at radius 1 is 0.964 bits per heavy atom. The minimum atomic E-state index is 0.226. The number of ether oxygens (including phenoxy) is 1. The molecule has 3 aromatic heterocycles. The average Bonchev–Trinajstić information content (AvgIpc) is 3.31. The number of benzene rings is 2. The molecule has 0 spiro atoms. The van der Waals surface area contributed by atoms with Crippen LogP contribution in [0.4, 0.5) is 0 Å². The Morgan fingerprint density at radius 3 is 2.61 bits per heavy atom. The van der Waals surface area contributed by atoms with Crippen molar-refractivity contribution in [1.29, 1.82) is 0 Å². The second kappa shape index (κ2) is 6.78. The number of para-hydroxylation sites is 1. The molecule has 0 atom stereocenters. The second-order valence-corrected chi connectivity index (χ2v) is 6.87. The normalized spacial score (nSPS) is 11.4. The molecule has 0 saturated carbocycles. The van der Waals surface area contributed by atoms with Gasteiger partial charge in [-0.05, 0) is 36.4 Å². The molecule has 138 valence electrons. The molecule has 2 aromatic carbocycles. The lowest BCUT2D eigenvalue weighted by Crippen LogP contribution is -2.00. The molecule has 0 unspecified atom stereocenters. The molecular weight excluding hydrogens is 399 g/mol. The van der Waals surface area contributed by atoms with Gasteiger partial charge in [-0.2, -0.15) is 5.10 Å². The van der Waals surface area contributed by atoms with Gasteiger partial charge in [-0.15, -0.1) is 5.10 Å². The van der Waals surface area contributed by atoms with Crippen LogP contribution in [0.25, 0.3) is 22.4 Å². The summed E-state index contributed by atoms with van der Waals surface area (Å²) in [6.07, 6.45) is 3.31. The molecule has 0 aliphatic heterocycles. The van der Waals surface area contributed by atoms with E-state index in [4.69, 9.17) is 27.9 Å². The van der Waals surface area contributed by atoms with E-state index in [-0.39, 0.29) is 6.61 Å². The first-order chi connectivity index (χ1) is 13.7. The Balaban J connectivity index is 1.50. The Morgan fingerprint density at radius 2 is 1.79 bits per heavy atom. The molecule has 3 heterocycles. The van der Waals surface area contributed by atoms with E-state index in [9.17, 15) is 0 Å². The third kappa shape index (κ3) is 2.94. The molecule has 7 nitrogen and oxygen atoms in total. The predicted molar refractivity (Wildman–Crippen MR) is 106 cm³/mol. The molecular formula is C19H12Cl2N6O. The van der Waals surface area contributed by atoms with E-state index >= 15 is 0 Å². The van der Waals surface area contributed by atoms with Gasteiger partial charge in [0.25, 0.3) is 0 Å². The van der Waals surface area contributed by atoms with Gasteiger partial charge in [-0.1, -0.05) is 35.3 Å². The van der Waals surface area contributed by atoms with Gasteiger partial charge in [-0.25, -0.2) is 19.2 Å². The summed E-state index contributed by atoms with van der Waals surface area (Å²) in [6, 6.07) is 14.6. The maximum atomic E-state index is 6.30. The zero-order valence-electron chi connectivity index (χ0n) is 14.3. The van der Waals surface area contributed by atoms with Crippen LogP contribution in [0.5, 0.6) is 5.75 Å². The highest BCUT2D eigenvalue weighted by Crippen LogP contribution is 2.24. The molecule has 0 radical (unpaired) electrons. The monoisotopic (exact) mass is 410 g/mol. The summed E-state index contributed by atoms with van der Waals surface area (Å²) in [5.41, 5.74) is 2.05. The molecule has 9 heteroatoms. The quantitative estimate of drug-likeness (QED) is 0.440. The van der Waals surface area contributed by atoms with Crippen molar-refractivity contribution in [3.05, 3.63) is 76.9 Å². The van der Waals surface area contributed by atoms with Crippen LogP contribution in [0.15, 0.2) is 61.1 Å². The van der Waals surface area contributed by atoms with Gasteiger partial charge >= 0.3 is 0 Å². The van der Waals surface area contributed by atoms with Gasteiger partial charge in [0.05, 0.1) is 22.3 Å². The van der Waals surface area contributed by atoms with Crippen LogP contribution in [0.1, 0.15) is 5.82 Å². The number of hydrogen-bond acceptors (Lipinski definition) is 5. The van der Waals surface area contributed by atoms with Crippen LogP contribution in [0.2, 0.25) is 10.0 Å². The van der Waals surface area contributed by atoms with Crippen molar-refractivity contribution in [2.75, 3.05) is 0 Å². The number of hydrogen-bond donors (Lipinski definition) is 0. The van der Waals surface area contributed by atoms with E-state index in [1.807, 2.05) is 24.3 Å². The Kier molecular flexibility index (Phi) is 4.11. The molecule has 0 N–H and O–H groups in total. The molecule has 0 amide bonds. The first kappa shape index (κ1) is 17.0. The Labute approximate surface area is 169 Å². The summed E-state index contributed by atoms with van der Waals surface area (Å²) in [4.78, 5) is 9.05. The van der Waals surface area contributed by atoms with E-state index in [1.165, 1.54) is 0 Å². The largest absolute Gasteiger partial charge is 0.486 e. The smallest absolute Gasteiger partial charge is 0.189 e. The Bertz CT molecular complexity index is 1300. The first-order valence-corrected chi connectivity index (χ1v) is 9.16. The number of rotatable bonds is 4. The van der Waals surface area contributed by atoms with E-state index in [2.05, 4.69) is 20.2 Å². The van der Waals surface area contributed by atoms with Crippen LogP contribution >= 0.6 is 23.2 Å². The fourth-order valence-corrected chi connectivity index (χ4v) is 3.25. The summed E-state index contributed by atoms with van der Waals surface area (Å²) in [6.45, 7) is 0.226. The minimum absolute atomic E-state index is 0.226. The highest BCUT2D eigenvalue weighted by Gasteiger charge is 2.15. The maximum Gasteiger partial charge on any atom is 0.189 e. The summed E-state index contributed by atoms with van der Waals surface area (Å²) >= 11 is 12.2. The van der Waals surface area contributed by atoms with E-state index in [0.29, 0.717) is 32.9 Å². The van der Waals surface area contributed by atoms with Crippen molar-refractivity contribution in [2.24, 2.45) is 0 Å². The highest BCUT2D eigenvalue weighted by molar-refractivity contribution is 6.32. The fraction of sp³-hybridized carbons (Fsp3) is 0.0526. The third-order valence-electron chi connectivity index (χ3n) is 4.21. The molecule has 0 aliphatic carbocycles. The standard InChI is InChI=1S/C19H12Cl2N6O/c20-12-5-7-13(8-6-12)28-10-17-24-19-14-9-23-27(16-4-2-1-3-15(16)21)18(14)22-11-26(19)25-17/h1-9,11H,10H2. The zero-order chi connectivity index (χ0) is 19.1. The number of nitrogens with zero attached hydrogens (tertiary/aromatic N) is 6. The first-order valence-electron chi connectivity index (χ1n) is 8.40. The summed E-state index contributed by atoms with van der Waals surface area (Å²) < 4.78 is 9.03. The van der Waals surface area contributed by atoms with E-state index < -0.39 is 0 Å². The van der Waals surface area contributed by atoms with Crippen molar-refractivity contribution in [1.82, 2.24) is 29.4 Å². The van der Waals surface area contributed by atoms with Crippen molar-refractivity contribution >= 4 is 39.9 Å². The van der Waals surface area contributed by atoms with Crippen molar-refractivity contribution in [2.45, 2.75) is 6.61 Å². The molecule has 5 rings (SSSR count). The van der Waals surface area contributed by atoms with Crippen LogP contribution in [0, 0.1) is 0 Å². The van der Waals surface area contributed by atoms with Crippen LogP contribution in [-0.4, -0.2) is 29.4 Å². The lowest BCUT2D eigenvalue weighted by molar-refractivity contribution is 0.296. The molecule has 28 heavy (non-hydrogen) atoms. The highest BCUT2D eigenvalue weighted by atomic mass is 35.5. The second-order valence-electron chi connectivity index (χ2n) is 6.03. The third-order valence-corrected chi connectivity index (χ3v) is 4.78. The SMILES string of the molecule is Clc1ccc(OCc2nc3c4cnn(-c5ccccc5Cl)c4ncn3n2)cc1. The van der Waals surface area contributed by atoms with Gasteiger partial charge < -0.3 is 4.74 Å². The summed E-state index contributed by atoms with van der Waals surface area (Å²) in [7, 11) is 0. The molecule has 5 aromatic rings. The predicted octanol–water partition coefficient (Wildman–Crippen LogP) is 4.35. The number of aromatic nitrogens is 6. The number of fused-ring (bicyclic) bond motifs is 3. The molecule has 0 aliphatic rings. The van der Waals surface area contributed by atoms with Crippen molar-refractivity contribution < 1.29 is 4.74 Å². The van der Waals surface area contributed by atoms with Gasteiger partial charge in [0, 0.05) is 5.02 Å².